The lowest BCUT2D eigenvalue weighted by Crippen LogP contribution is -2.56. The van der Waals surface area contributed by atoms with Crippen LogP contribution in [-0.2, 0) is 29.9 Å². The van der Waals surface area contributed by atoms with E-state index in [2.05, 4.69) is 44.5 Å². The molecule has 0 unspecified atom stereocenters. The Hall–Kier alpha value is -4.19. The molecule has 1 saturated heterocycles. The summed E-state index contributed by atoms with van der Waals surface area (Å²) in [6.07, 6.45) is -0.169. The fourth-order valence-electron chi connectivity index (χ4n) is 5.91. The highest BCUT2D eigenvalue weighted by atomic mass is 28.4. The molecule has 1 aliphatic rings. The predicted molar refractivity (Wildman–Crippen MR) is 207 cm³/mol. The third kappa shape index (κ3) is 11.2. The second-order valence-corrected chi connectivity index (χ2v) is 20.7. The SMILES string of the molecule is COC(=O)N[C@H](C(=O)Nc1ccccc1CC[C@@H]1CN(C(=O)OC(C)(C)C)[C@H](CO[Si](C)(C)C(C)(C)C)CO1)C(c1ccccc1)c1ccccc1. The van der Waals surface area contributed by atoms with E-state index < -0.39 is 32.0 Å². The van der Waals surface area contributed by atoms with Crippen LogP contribution < -0.4 is 10.6 Å². The molecule has 0 aromatic heterocycles. The molecule has 4 rings (SSSR count). The zero-order chi connectivity index (χ0) is 38.1. The summed E-state index contributed by atoms with van der Waals surface area (Å²) in [4.78, 5) is 42.1. The number of alkyl carbamates (subject to hydrolysis) is 1. The molecule has 3 aromatic carbocycles. The Morgan fingerprint density at radius 2 is 1.46 bits per heavy atom. The van der Waals surface area contributed by atoms with Crippen molar-refractivity contribution in [1.29, 1.82) is 0 Å². The lowest BCUT2D eigenvalue weighted by Gasteiger charge is -2.43. The van der Waals surface area contributed by atoms with Crippen molar-refractivity contribution in [1.82, 2.24) is 10.2 Å². The molecule has 0 aliphatic carbocycles. The Bertz CT molecular complexity index is 1580. The second kappa shape index (κ2) is 17.6. The number of para-hydroxylation sites is 1. The van der Waals surface area contributed by atoms with Crippen LogP contribution in [0, 0.1) is 0 Å². The van der Waals surface area contributed by atoms with Crippen LogP contribution in [0.25, 0.3) is 0 Å². The molecular formula is C41H57N3O7Si. The molecule has 0 spiro atoms. The van der Waals surface area contributed by atoms with E-state index >= 15 is 0 Å². The highest BCUT2D eigenvalue weighted by Crippen LogP contribution is 2.37. The monoisotopic (exact) mass is 731 g/mol. The van der Waals surface area contributed by atoms with Crippen LogP contribution in [0.3, 0.4) is 0 Å². The number of morpholine rings is 1. The van der Waals surface area contributed by atoms with E-state index in [4.69, 9.17) is 18.6 Å². The topological polar surface area (TPSA) is 115 Å². The van der Waals surface area contributed by atoms with Gasteiger partial charge in [-0.05, 0) is 74.5 Å². The van der Waals surface area contributed by atoms with Crippen LogP contribution in [0.4, 0.5) is 15.3 Å². The van der Waals surface area contributed by atoms with E-state index in [1.54, 1.807) is 4.90 Å². The number of nitrogens with one attached hydrogen (secondary N) is 2. The Kier molecular flexibility index (Phi) is 13.7. The molecule has 282 valence electrons. The Labute approximate surface area is 310 Å². The van der Waals surface area contributed by atoms with Crippen LogP contribution in [-0.4, -0.2) is 82.0 Å². The lowest BCUT2D eigenvalue weighted by molar-refractivity contribution is -0.118. The van der Waals surface area contributed by atoms with Gasteiger partial charge in [-0.15, -0.1) is 0 Å². The van der Waals surface area contributed by atoms with Crippen LogP contribution in [0.1, 0.15) is 70.6 Å². The molecule has 1 aliphatic heterocycles. The average molecular weight is 732 g/mol. The summed E-state index contributed by atoms with van der Waals surface area (Å²) in [6.45, 7) is 17.6. The summed E-state index contributed by atoms with van der Waals surface area (Å²) in [7, 11) is -0.783. The third-order valence-electron chi connectivity index (χ3n) is 9.84. The maximum Gasteiger partial charge on any atom is 0.410 e. The van der Waals surface area contributed by atoms with Gasteiger partial charge in [-0.25, -0.2) is 9.59 Å². The molecule has 0 saturated carbocycles. The predicted octanol–water partition coefficient (Wildman–Crippen LogP) is 8.14. The quantitative estimate of drug-likeness (QED) is 0.181. The summed E-state index contributed by atoms with van der Waals surface area (Å²) < 4.78 is 23.7. The highest BCUT2D eigenvalue weighted by molar-refractivity contribution is 6.74. The Morgan fingerprint density at radius 1 is 0.885 bits per heavy atom. The van der Waals surface area contributed by atoms with Gasteiger partial charge in [0.1, 0.15) is 11.6 Å². The summed E-state index contributed by atoms with van der Waals surface area (Å²) in [5.74, 6) is -0.873. The molecule has 3 atom stereocenters. The van der Waals surface area contributed by atoms with Crippen molar-refractivity contribution in [2.45, 2.75) is 102 Å². The van der Waals surface area contributed by atoms with E-state index in [1.807, 2.05) is 106 Å². The molecule has 1 heterocycles. The number of anilines is 1. The third-order valence-corrected chi connectivity index (χ3v) is 14.3. The molecule has 0 bridgehead atoms. The molecular weight excluding hydrogens is 675 g/mol. The summed E-state index contributed by atoms with van der Waals surface area (Å²) in [6, 6.07) is 25.6. The minimum atomic E-state index is -2.06. The van der Waals surface area contributed by atoms with Crippen LogP contribution in [0.2, 0.25) is 18.1 Å². The molecule has 10 nitrogen and oxygen atoms in total. The zero-order valence-corrected chi connectivity index (χ0v) is 33.2. The van der Waals surface area contributed by atoms with Crippen molar-refractivity contribution in [2.24, 2.45) is 0 Å². The van der Waals surface area contributed by atoms with Crippen molar-refractivity contribution in [3.05, 3.63) is 102 Å². The maximum atomic E-state index is 14.2. The number of methoxy groups -OCH3 is 1. The van der Waals surface area contributed by atoms with Crippen molar-refractivity contribution >= 4 is 32.1 Å². The minimum absolute atomic E-state index is 0.0318. The Balaban J connectivity index is 1.52. The largest absolute Gasteiger partial charge is 0.453 e. The van der Waals surface area contributed by atoms with Gasteiger partial charge in [0, 0.05) is 11.6 Å². The molecule has 1 fully saturated rings. The zero-order valence-electron chi connectivity index (χ0n) is 32.2. The normalized spacial score (nSPS) is 17.3. The number of carbonyl (C=O) groups excluding carboxylic acids is 3. The van der Waals surface area contributed by atoms with E-state index in [9.17, 15) is 14.4 Å². The standard InChI is InChI=1S/C41H57N3O7Si/c1-40(2,3)51-39(47)44-26-33(49-27-32(44)28-50-52(8,9)41(4,5)6)25-24-29-18-16-17-23-34(29)42-37(45)36(43-38(46)48-7)35(30-19-12-10-13-20-30)31-21-14-11-15-22-31/h10-23,32-33,35-36H,24-28H2,1-9H3,(H,42,45)(H,43,46)/t32-,33+,36-/m0/s1. The number of aryl methyl sites for hydroxylation is 1. The van der Waals surface area contributed by atoms with E-state index in [-0.39, 0.29) is 29.2 Å². The van der Waals surface area contributed by atoms with E-state index in [0.29, 0.717) is 38.3 Å². The van der Waals surface area contributed by atoms with Crippen molar-refractivity contribution in [3.8, 4) is 0 Å². The van der Waals surface area contributed by atoms with Crippen molar-refractivity contribution < 1.29 is 33.0 Å². The lowest BCUT2D eigenvalue weighted by atomic mass is 9.84. The van der Waals surface area contributed by atoms with Gasteiger partial charge >= 0.3 is 12.2 Å². The first-order chi connectivity index (χ1) is 24.5. The molecule has 0 radical (unpaired) electrons. The molecule has 2 N–H and O–H groups in total. The highest BCUT2D eigenvalue weighted by Gasteiger charge is 2.41. The second-order valence-electron chi connectivity index (χ2n) is 15.9. The summed E-state index contributed by atoms with van der Waals surface area (Å²) in [5, 5.41) is 5.93. The molecule has 3 amide bonds. The molecule has 52 heavy (non-hydrogen) atoms. The Morgan fingerprint density at radius 3 is 2.02 bits per heavy atom. The van der Waals surface area contributed by atoms with Gasteiger partial charge in [-0.3, -0.25) is 9.69 Å². The number of amides is 3. The number of hydrogen-bond donors (Lipinski definition) is 2. The fourth-order valence-corrected chi connectivity index (χ4v) is 6.95. The molecule has 11 heteroatoms. The van der Waals surface area contributed by atoms with Gasteiger partial charge in [-0.1, -0.05) is 99.6 Å². The molecule has 3 aromatic rings. The number of rotatable bonds is 12. The number of benzene rings is 3. The number of carbonyl (C=O) groups is 3. The van der Waals surface area contributed by atoms with Crippen LogP contribution in [0.15, 0.2) is 84.9 Å². The smallest absolute Gasteiger partial charge is 0.410 e. The first-order valence-corrected chi connectivity index (χ1v) is 21.0. The van der Waals surface area contributed by atoms with E-state index in [1.165, 1.54) is 7.11 Å². The van der Waals surface area contributed by atoms with Crippen molar-refractivity contribution in [2.75, 3.05) is 32.2 Å². The van der Waals surface area contributed by atoms with Crippen LogP contribution >= 0.6 is 0 Å². The van der Waals surface area contributed by atoms with Crippen LogP contribution in [0.5, 0.6) is 0 Å². The van der Waals surface area contributed by atoms with E-state index in [0.717, 1.165) is 16.7 Å². The first-order valence-electron chi connectivity index (χ1n) is 18.1. The maximum absolute atomic E-state index is 14.2. The number of hydrogen-bond acceptors (Lipinski definition) is 7. The first kappa shape index (κ1) is 40.6. The van der Waals surface area contributed by atoms with Gasteiger partial charge in [0.2, 0.25) is 5.91 Å². The van der Waals surface area contributed by atoms with Gasteiger partial charge in [0.05, 0.1) is 39.0 Å². The fraction of sp³-hybridized carbons (Fsp3) is 0.488. The number of ether oxygens (including phenoxy) is 3. The van der Waals surface area contributed by atoms with Gasteiger partial charge < -0.3 is 29.3 Å². The summed E-state index contributed by atoms with van der Waals surface area (Å²) in [5.41, 5.74) is 2.63. The number of nitrogens with zero attached hydrogens (tertiary/aromatic N) is 1. The van der Waals surface area contributed by atoms with Gasteiger partial charge in [0.25, 0.3) is 0 Å². The minimum Gasteiger partial charge on any atom is -0.453 e. The van der Waals surface area contributed by atoms with Gasteiger partial charge in [0.15, 0.2) is 8.32 Å². The summed E-state index contributed by atoms with van der Waals surface area (Å²) >= 11 is 0. The average Bonchev–Trinajstić information content (AvgIpc) is 3.09. The van der Waals surface area contributed by atoms with Gasteiger partial charge in [-0.2, -0.15) is 0 Å². The van der Waals surface area contributed by atoms with Crippen molar-refractivity contribution in [3.63, 3.8) is 0 Å².